The number of aromatic carboxylic acids is 1. The van der Waals surface area contributed by atoms with Crippen LogP contribution in [0.4, 0.5) is 11.4 Å². The lowest BCUT2D eigenvalue weighted by Gasteiger charge is -2.40. The highest BCUT2D eigenvalue weighted by atomic mass is 16.5. The monoisotopic (exact) mass is 404 g/mol. The average Bonchev–Trinajstić information content (AvgIpc) is 3.23. The average molecular weight is 405 g/mol. The topological polar surface area (TPSA) is 53.0 Å². The molecule has 1 saturated heterocycles. The molecule has 2 aromatic rings. The van der Waals surface area contributed by atoms with Gasteiger partial charge in [0.05, 0.1) is 12.2 Å². The van der Waals surface area contributed by atoms with E-state index in [1.165, 1.54) is 0 Å². The minimum atomic E-state index is -0.918. The van der Waals surface area contributed by atoms with Crippen molar-refractivity contribution in [3.8, 4) is 0 Å². The molecule has 2 heterocycles. The molecule has 0 bridgehead atoms. The van der Waals surface area contributed by atoms with Crippen LogP contribution >= 0.6 is 0 Å². The number of hydrogen-bond acceptors (Lipinski definition) is 4. The molecular weight excluding hydrogens is 376 g/mol. The molecule has 1 fully saturated rings. The SMILES string of the molecule is C=C/C(=C\C12OCCN1c1ccc(C(=O)O)cc1C2(C)C)c1ccc(N(C)C)cc1. The summed E-state index contributed by atoms with van der Waals surface area (Å²) in [6.07, 6.45) is 4.01. The number of hydrogen-bond donors (Lipinski definition) is 1. The Morgan fingerprint density at radius 2 is 1.83 bits per heavy atom. The summed E-state index contributed by atoms with van der Waals surface area (Å²) in [7, 11) is 4.04. The summed E-state index contributed by atoms with van der Waals surface area (Å²) in [6, 6.07) is 13.7. The summed E-state index contributed by atoms with van der Waals surface area (Å²) in [5, 5.41) is 9.47. The van der Waals surface area contributed by atoms with E-state index in [0.29, 0.717) is 12.2 Å². The molecule has 1 unspecified atom stereocenters. The Labute approximate surface area is 177 Å². The molecular formula is C25H28N2O3. The van der Waals surface area contributed by atoms with Gasteiger partial charge >= 0.3 is 5.97 Å². The van der Waals surface area contributed by atoms with E-state index >= 15 is 0 Å². The fourth-order valence-corrected chi connectivity index (χ4v) is 4.67. The molecule has 0 radical (unpaired) electrons. The van der Waals surface area contributed by atoms with E-state index in [9.17, 15) is 9.90 Å². The molecule has 1 atom stereocenters. The van der Waals surface area contributed by atoms with Gasteiger partial charge in [-0.3, -0.25) is 0 Å². The predicted molar refractivity (Wildman–Crippen MR) is 121 cm³/mol. The van der Waals surface area contributed by atoms with Crippen LogP contribution in [0.15, 0.2) is 61.2 Å². The highest BCUT2D eigenvalue weighted by Gasteiger charge is 2.59. The molecule has 0 amide bonds. The first kappa shape index (κ1) is 20.2. The third-order valence-corrected chi connectivity index (χ3v) is 6.43. The summed E-state index contributed by atoms with van der Waals surface area (Å²) in [4.78, 5) is 15.9. The molecule has 4 rings (SSSR count). The molecule has 0 saturated carbocycles. The van der Waals surface area contributed by atoms with E-state index in [2.05, 4.69) is 60.6 Å². The Morgan fingerprint density at radius 1 is 1.17 bits per heavy atom. The van der Waals surface area contributed by atoms with Crippen molar-refractivity contribution in [2.24, 2.45) is 0 Å². The molecule has 2 aliphatic heterocycles. The molecule has 0 spiro atoms. The van der Waals surface area contributed by atoms with Crippen LogP contribution in [-0.4, -0.2) is 44.0 Å². The van der Waals surface area contributed by atoms with Crippen LogP contribution in [0.2, 0.25) is 0 Å². The smallest absolute Gasteiger partial charge is 0.335 e. The molecule has 156 valence electrons. The minimum Gasteiger partial charge on any atom is -0.478 e. The maximum Gasteiger partial charge on any atom is 0.335 e. The Bertz CT molecular complexity index is 1040. The molecule has 2 aliphatic rings. The third kappa shape index (κ3) is 2.84. The normalized spacial score (nSPS) is 21.9. The van der Waals surface area contributed by atoms with E-state index in [1.807, 2.05) is 26.2 Å². The lowest BCUT2D eigenvalue weighted by atomic mass is 9.76. The predicted octanol–water partition coefficient (Wildman–Crippen LogP) is 4.54. The van der Waals surface area contributed by atoms with Crippen molar-refractivity contribution in [1.29, 1.82) is 0 Å². The highest BCUT2D eigenvalue weighted by Crippen LogP contribution is 2.55. The number of anilines is 2. The number of allylic oxidation sites excluding steroid dienone is 2. The number of carboxylic acids is 1. The van der Waals surface area contributed by atoms with E-state index in [0.717, 1.165) is 34.6 Å². The standard InChI is InChI=1S/C25H28N2O3/c1-6-17(18-7-10-20(11-8-18)26(4)5)16-25-24(2,3)21-15-19(23(28)29)9-12-22(21)27(25)13-14-30-25/h6-12,15-16H,1,13-14H2,2-5H3,(H,28,29)/b17-16+. The maximum absolute atomic E-state index is 11.5. The van der Waals surface area contributed by atoms with Crippen LogP contribution in [0.25, 0.3) is 5.57 Å². The summed E-state index contributed by atoms with van der Waals surface area (Å²) in [5.74, 6) is -0.918. The first-order valence-corrected chi connectivity index (χ1v) is 10.1. The number of rotatable bonds is 5. The van der Waals surface area contributed by atoms with Gasteiger partial charge in [-0.15, -0.1) is 0 Å². The second kappa shape index (κ2) is 7.03. The Balaban J connectivity index is 1.83. The van der Waals surface area contributed by atoms with Crippen molar-refractivity contribution < 1.29 is 14.6 Å². The van der Waals surface area contributed by atoms with Crippen molar-refractivity contribution in [3.63, 3.8) is 0 Å². The van der Waals surface area contributed by atoms with Crippen LogP contribution in [0, 0.1) is 0 Å². The number of ether oxygens (including phenoxy) is 1. The second-order valence-electron chi connectivity index (χ2n) is 8.60. The quantitative estimate of drug-likeness (QED) is 0.742. The van der Waals surface area contributed by atoms with Crippen molar-refractivity contribution in [3.05, 3.63) is 77.9 Å². The van der Waals surface area contributed by atoms with Crippen molar-refractivity contribution in [2.75, 3.05) is 37.0 Å². The van der Waals surface area contributed by atoms with E-state index < -0.39 is 17.1 Å². The lowest BCUT2D eigenvalue weighted by molar-refractivity contribution is 0.0000990. The zero-order valence-electron chi connectivity index (χ0n) is 18.0. The summed E-state index contributed by atoms with van der Waals surface area (Å²) in [6.45, 7) is 9.66. The Morgan fingerprint density at radius 3 is 2.43 bits per heavy atom. The fourth-order valence-electron chi connectivity index (χ4n) is 4.67. The van der Waals surface area contributed by atoms with E-state index in [4.69, 9.17) is 4.74 Å². The zero-order chi connectivity index (χ0) is 21.7. The van der Waals surface area contributed by atoms with Crippen LogP contribution in [0.5, 0.6) is 0 Å². The van der Waals surface area contributed by atoms with Gasteiger partial charge in [0.25, 0.3) is 0 Å². The number of fused-ring (bicyclic) bond motifs is 3. The third-order valence-electron chi connectivity index (χ3n) is 6.43. The zero-order valence-corrected chi connectivity index (χ0v) is 18.0. The van der Waals surface area contributed by atoms with Crippen LogP contribution in [0.1, 0.15) is 35.3 Å². The van der Waals surface area contributed by atoms with Gasteiger partial charge in [-0.2, -0.15) is 0 Å². The van der Waals surface area contributed by atoms with Gasteiger partial charge in [-0.25, -0.2) is 4.79 Å². The van der Waals surface area contributed by atoms with Crippen molar-refractivity contribution in [2.45, 2.75) is 25.0 Å². The first-order valence-electron chi connectivity index (χ1n) is 10.1. The van der Waals surface area contributed by atoms with Crippen LogP contribution < -0.4 is 9.80 Å². The van der Waals surface area contributed by atoms with Crippen LogP contribution in [-0.2, 0) is 10.2 Å². The first-order chi connectivity index (χ1) is 14.2. The molecule has 30 heavy (non-hydrogen) atoms. The maximum atomic E-state index is 11.5. The summed E-state index contributed by atoms with van der Waals surface area (Å²) >= 11 is 0. The van der Waals surface area contributed by atoms with Crippen molar-refractivity contribution >= 4 is 22.9 Å². The molecule has 1 N–H and O–H groups in total. The molecule has 5 nitrogen and oxygen atoms in total. The van der Waals surface area contributed by atoms with Gasteiger partial charge in [0.2, 0.25) is 0 Å². The highest BCUT2D eigenvalue weighted by molar-refractivity contribution is 5.90. The van der Waals surface area contributed by atoms with Gasteiger partial charge in [0.15, 0.2) is 5.72 Å². The number of nitrogens with zero attached hydrogens (tertiary/aromatic N) is 2. The Kier molecular flexibility index (Phi) is 4.74. The van der Waals surface area contributed by atoms with Gasteiger partial charge in [0.1, 0.15) is 0 Å². The second-order valence-corrected chi connectivity index (χ2v) is 8.60. The molecule has 0 aliphatic carbocycles. The number of carbonyl (C=O) groups is 1. The van der Waals surface area contributed by atoms with Gasteiger partial charge in [-0.1, -0.05) is 38.6 Å². The number of carboxylic acid groups (broad SMARTS) is 1. The van der Waals surface area contributed by atoms with Crippen molar-refractivity contribution in [1.82, 2.24) is 0 Å². The van der Waals surface area contributed by atoms with Crippen LogP contribution in [0.3, 0.4) is 0 Å². The summed E-state index contributed by atoms with van der Waals surface area (Å²) < 4.78 is 6.42. The number of benzene rings is 2. The van der Waals surface area contributed by atoms with Gasteiger partial charge in [-0.05, 0) is 53.1 Å². The Hall–Kier alpha value is -3.05. The molecule has 5 heteroatoms. The van der Waals surface area contributed by atoms with E-state index in [-0.39, 0.29) is 0 Å². The lowest BCUT2D eigenvalue weighted by Crippen LogP contribution is -2.51. The van der Waals surface area contributed by atoms with E-state index in [1.54, 1.807) is 12.1 Å². The summed E-state index contributed by atoms with van der Waals surface area (Å²) in [5.41, 5.74) is 4.37. The molecule has 2 aromatic carbocycles. The largest absolute Gasteiger partial charge is 0.478 e. The molecule has 0 aromatic heterocycles. The van der Waals surface area contributed by atoms with Gasteiger partial charge < -0.3 is 19.6 Å². The fraction of sp³-hybridized carbons (Fsp3) is 0.320. The minimum absolute atomic E-state index is 0.297. The van der Waals surface area contributed by atoms with Gasteiger partial charge in [0, 0.05) is 37.4 Å².